The van der Waals surface area contributed by atoms with Crippen molar-refractivity contribution in [2.24, 2.45) is 0 Å². The van der Waals surface area contributed by atoms with Gasteiger partial charge in [0.1, 0.15) is 5.82 Å². The zero-order chi connectivity index (χ0) is 18.8. The van der Waals surface area contributed by atoms with E-state index >= 15 is 0 Å². The van der Waals surface area contributed by atoms with E-state index in [0.29, 0.717) is 19.0 Å². The van der Waals surface area contributed by atoms with Gasteiger partial charge >= 0.3 is 0 Å². The van der Waals surface area contributed by atoms with Gasteiger partial charge in [-0.1, -0.05) is 18.2 Å². The number of amides is 1. The SMILES string of the molecule is CC(=O)N1CCN(c2cc(C)nc(Nc3cccc4cccnc34)n2)CC1. The quantitative estimate of drug-likeness (QED) is 0.772. The molecule has 1 aliphatic rings. The second kappa shape index (κ2) is 7.19. The van der Waals surface area contributed by atoms with Crippen LogP contribution < -0.4 is 10.2 Å². The molecule has 2 aromatic heterocycles. The van der Waals surface area contributed by atoms with Crippen molar-refractivity contribution in [2.75, 3.05) is 36.4 Å². The number of benzene rings is 1. The minimum atomic E-state index is 0.124. The number of hydrogen-bond donors (Lipinski definition) is 1. The molecule has 0 bridgehead atoms. The Hall–Kier alpha value is -3.22. The Kier molecular flexibility index (Phi) is 4.58. The molecule has 0 atom stereocenters. The third-order valence-electron chi connectivity index (χ3n) is 4.77. The molecule has 3 heterocycles. The van der Waals surface area contributed by atoms with E-state index in [-0.39, 0.29) is 5.91 Å². The highest BCUT2D eigenvalue weighted by molar-refractivity contribution is 5.91. The van der Waals surface area contributed by atoms with Crippen LogP contribution in [0.1, 0.15) is 12.6 Å². The zero-order valence-corrected chi connectivity index (χ0v) is 15.5. The predicted molar refractivity (Wildman–Crippen MR) is 106 cm³/mol. The van der Waals surface area contributed by atoms with Gasteiger partial charge in [0.05, 0.1) is 11.2 Å². The Labute approximate surface area is 158 Å². The molecule has 7 heteroatoms. The molecule has 27 heavy (non-hydrogen) atoms. The fraction of sp³-hybridized carbons (Fsp3) is 0.300. The van der Waals surface area contributed by atoms with Crippen LogP contribution in [0.25, 0.3) is 10.9 Å². The van der Waals surface area contributed by atoms with Crippen LogP contribution in [0.2, 0.25) is 0 Å². The maximum Gasteiger partial charge on any atom is 0.229 e. The summed E-state index contributed by atoms with van der Waals surface area (Å²) in [7, 11) is 0. The van der Waals surface area contributed by atoms with Gasteiger partial charge in [-0.25, -0.2) is 4.98 Å². The van der Waals surface area contributed by atoms with Crippen molar-refractivity contribution in [1.82, 2.24) is 19.9 Å². The number of pyridine rings is 1. The highest BCUT2D eigenvalue weighted by atomic mass is 16.2. The van der Waals surface area contributed by atoms with Crippen molar-refractivity contribution in [3.05, 3.63) is 48.3 Å². The van der Waals surface area contributed by atoms with E-state index in [1.165, 1.54) is 0 Å². The normalized spacial score (nSPS) is 14.4. The summed E-state index contributed by atoms with van der Waals surface area (Å²) in [6.45, 7) is 6.55. The molecule has 0 radical (unpaired) electrons. The van der Waals surface area contributed by atoms with E-state index in [4.69, 9.17) is 4.98 Å². The molecule has 1 N–H and O–H groups in total. The zero-order valence-electron chi connectivity index (χ0n) is 15.5. The van der Waals surface area contributed by atoms with Crippen LogP contribution in [-0.4, -0.2) is 51.9 Å². The highest BCUT2D eigenvalue weighted by Crippen LogP contribution is 2.24. The van der Waals surface area contributed by atoms with Gasteiger partial charge in [-0.15, -0.1) is 0 Å². The molecular formula is C20H22N6O. The Morgan fingerprint density at radius 1 is 1.07 bits per heavy atom. The van der Waals surface area contributed by atoms with E-state index < -0.39 is 0 Å². The van der Waals surface area contributed by atoms with E-state index in [0.717, 1.165) is 41.2 Å². The molecule has 7 nitrogen and oxygen atoms in total. The molecule has 1 saturated heterocycles. The van der Waals surface area contributed by atoms with E-state index in [1.54, 1.807) is 13.1 Å². The monoisotopic (exact) mass is 362 g/mol. The van der Waals surface area contributed by atoms with Gasteiger partial charge in [-0.2, -0.15) is 4.98 Å². The molecule has 0 saturated carbocycles. The number of aromatic nitrogens is 3. The molecule has 4 rings (SSSR count). The number of aryl methyl sites for hydroxylation is 1. The van der Waals surface area contributed by atoms with Gasteiger partial charge in [0.2, 0.25) is 11.9 Å². The number of nitrogens with zero attached hydrogens (tertiary/aromatic N) is 5. The topological polar surface area (TPSA) is 74.2 Å². The molecule has 3 aromatic rings. The molecule has 1 fully saturated rings. The lowest BCUT2D eigenvalue weighted by molar-refractivity contribution is -0.129. The van der Waals surface area contributed by atoms with Gasteiger partial charge in [0.25, 0.3) is 0 Å². The first-order chi connectivity index (χ1) is 13.1. The van der Waals surface area contributed by atoms with Crippen LogP contribution in [0.3, 0.4) is 0 Å². The molecule has 0 spiro atoms. The number of carbonyl (C=O) groups is 1. The molecule has 1 amide bonds. The number of hydrogen-bond acceptors (Lipinski definition) is 6. The summed E-state index contributed by atoms with van der Waals surface area (Å²) < 4.78 is 0. The number of rotatable bonds is 3. The number of piperazine rings is 1. The average Bonchev–Trinajstić information content (AvgIpc) is 2.68. The maximum absolute atomic E-state index is 11.5. The van der Waals surface area contributed by atoms with Crippen molar-refractivity contribution >= 4 is 34.3 Å². The van der Waals surface area contributed by atoms with Gasteiger partial charge in [-0.05, 0) is 19.1 Å². The Bertz CT molecular complexity index is 976. The van der Waals surface area contributed by atoms with Gasteiger partial charge < -0.3 is 15.1 Å². The molecule has 0 unspecified atom stereocenters. The number of para-hydroxylation sites is 1. The van der Waals surface area contributed by atoms with Crippen molar-refractivity contribution in [2.45, 2.75) is 13.8 Å². The molecule has 138 valence electrons. The lowest BCUT2D eigenvalue weighted by atomic mass is 10.2. The summed E-state index contributed by atoms with van der Waals surface area (Å²) in [5.74, 6) is 1.55. The number of nitrogens with one attached hydrogen (secondary N) is 1. The van der Waals surface area contributed by atoms with Crippen LogP contribution >= 0.6 is 0 Å². The maximum atomic E-state index is 11.5. The Morgan fingerprint density at radius 2 is 1.85 bits per heavy atom. The summed E-state index contributed by atoms with van der Waals surface area (Å²) in [4.78, 5) is 29.3. The minimum Gasteiger partial charge on any atom is -0.353 e. The summed E-state index contributed by atoms with van der Waals surface area (Å²) >= 11 is 0. The Balaban J connectivity index is 1.59. The van der Waals surface area contributed by atoms with Gasteiger partial charge in [0, 0.05) is 56.4 Å². The number of carbonyl (C=O) groups excluding carboxylic acids is 1. The van der Waals surface area contributed by atoms with Crippen LogP contribution in [0, 0.1) is 6.92 Å². The Morgan fingerprint density at radius 3 is 2.63 bits per heavy atom. The largest absolute Gasteiger partial charge is 0.353 e. The van der Waals surface area contributed by atoms with E-state index in [2.05, 4.69) is 20.2 Å². The van der Waals surface area contributed by atoms with Crippen LogP contribution in [0.4, 0.5) is 17.5 Å². The lowest BCUT2D eigenvalue weighted by Crippen LogP contribution is -2.48. The molecule has 0 aliphatic carbocycles. The van der Waals surface area contributed by atoms with Crippen molar-refractivity contribution in [3.63, 3.8) is 0 Å². The van der Waals surface area contributed by atoms with Gasteiger partial charge in [-0.3, -0.25) is 9.78 Å². The van der Waals surface area contributed by atoms with E-state index in [1.807, 2.05) is 48.2 Å². The van der Waals surface area contributed by atoms with Crippen LogP contribution in [0.5, 0.6) is 0 Å². The first kappa shape index (κ1) is 17.2. The van der Waals surface area contributed by atoms with Crippen molar-refractivity contribution < 1.29 is 4.79 Å². The fourth-order valence-corrected chi connectivity index (χ4v) is 3.35. The van der Waals surface area contributed by atoms with E-state index in [9.17, 15) is 4.79 Å². The second-order valence-corrected chi connectivity index (χ2v) is 6.69. The molecular weight excluding hydrogens is 340 g/mol. The van der Waals surface area contributed by atoms with Crippen LogP contribution in [0.15, 0.2) is 42.6 Å². The predicted octanol–water partition coefficient (Wildman–Crippen LogP) is 2.75. The lowest BCUT2D eigenvalue weighted by Gasteiger charge is -2.35. The van der Waals surface area contributed by atoms with Gasteiger partial charge in [0.15, 0.2) is 0 Å². The third-order valence-corrected chi connectivity index (χ3v) is 4.77. The standard InChI is InChI=1S/C20H22N6O/c1-14-13-18(26-11-9-25(10-12-26)15(2)27)24-20(22-14)23-17-7-3-5-16-6-4-8-21-19(16)17/h3-8,13H,9-12H2,1-2H3,(H,22,23,24). The average molecular weight is 362 g/mol. The van der Waals surface area contributed by atoms with Crippen molar-refractivity contribution in [3.8, 4) is 0 Å². The summed E-state index contributed by atoms with van der Waals surface area (Å²) in [6, 6.07) is 11.9. The summed E-state index contributed by atoms with van der Waals surface area (Å²) in [6.07, 6.45) is 1.78. The van der Waals surface area contributed by atoms with Crippen molar-refractivity contribution in [1.29, 1.82) is 0 Å². The fourth-order valence-electron chi connectivity index (χ4n) is 3.35. The highest BCUT2D eigenvalue weighted by Gasteiger charge is 2.20. The number of anilines is 3. The third kappa shape index (κ3) is 3.67. The summed E-state index contributed by atoms with van der Waals surface area (Å²) in [5, 5.41) is 4.38. The molecule has 1 aliphatic heterocycles. The second-order valence-electron chi connectivity index (χ2n) is 6.69. The number of fused-ring (bicyclic) bond motifs is 1. The first-order valence-corrected chi connectivity index (χ1v) is 9.07. The van der Waals surface area contributed by atoms with Crippen LogP contribution in [-0.2, 0) is 4.79 Å². The first-order valence-electron chi connectivity index (χ1n) is 9.07. The summed E-state index contributed by atoms with van der Waals surface area (Å²) in [5.41, 5.74) is 2.66. The molecule has 1 aromatic carbocycles. The smallest absolute Gasteiger partial charge is 0.229 e. The minimum absolute atomic E-state index is 0.124.